The van der Waals surface area contributed by atoms with Gasteiger partial charge in [-0.3, -0.25) is 0 Å². The normalized spacial score (nSPS) is 11.7. The summed E-state index contributed by atoms with van der Waals surface area (Å²) in [6.07, 6.45) is 1.74. The van der Waals surface area contributed by atoms with Gasteiger partial charge < -0.3 is 10.6 Å². The highest BCUT2D eigenvalue weighted by molar-refractivity contribution is 9.10. The molecule has 3 aromatic rings. The van der Waals surface area contributed by atoms with E-state index in [9.17, 15) is 0 Å². The van der Waals surface area contributed by atoms with Crippen LogP contribution in [-0.4, -0.2) is 9.97 Å². The quantitative estimate of drug-likeness (QED) is 0.653. The first-order valence-corrected chi connectivity index (χ1v) is 8.18. The molecule has 1 unspecified atom stereocenters. The number of benzene rings is 2. The smallest absolute Gasteiger partial charge is 0.229 e. The van der Waals surface area contributed by atoms with Crippen LogP contribution in [0.1, 0.15) is 18.5 Å². The van der Waals surface area contributed by atoms with Crippen LogP contribution >= 0.6 is 15.9 Å². The van der Waals surface area contributed by atoms with Crippen molar-refractivity contribution < 1.29 is 0 Å². The van der Waals surface area contributed by atoms with Crippen LogP contribution in [0.2, 0.25) is 0 Å². The Morgan fingerprint density at radius 3 is 2.48 bits per heavy atom. The van der Waals surface area contributed by atoms with Gasteiger partial charge in [0, 0.05) is 16.7 Å². The van der Waals surface area contributed by atoms with Crippen molar-refractivity contribution in [1.29, 1.82) is 0 Å². The minimum absolute atomic E-state index is 0.169. The Morgan fingerprint density at radius 1 is 0.957 bits per heavy atom. The molecule has 1 atom stereocenters. The van der Waals surface area contributed by atoms with Crippen molar-refractivity contribution >= 4 is 33.4 Å². The van der Waals surface area contributed by atoms with Crippen LogP contribution in [0.4, 0.5) is 17.5 Å². The fourth-order valence-electron chi connectivity index (χ4n) is 2.23. The van der Waals surface area contributed by atoms with Crippen molar-refractivity contribution in [2.45, 2.75) is 13.0 Å². The van der Waals surface area contributed by atoms with E-state index in [-0.39, 0.29) is 6.04 Å². The van der Waals surface area contributed by atoms with E-state index in [0.717, 1.165) is 16.0 Å². The maximum atomic E-state index is 4.52. The number of nitrogens with one attached hydrogen (secondary N) is 2. The zero-order chi connectivity index (χ0) is 16.1. The summed E-state index contributed by atoms with van der Waals surface area (Å²) in [6.45, 7) is 2.11. The van der Waals surface area contributed by atoms with E-state index in [1.807, 2.05) is 48.5 Å². The van der Waals surface area contributed by atoms with Gasteiger partial charge in [-0.05, 0) is 46.6 Å². The van der Waals surface area contributed by atoms with E-state index >= 15 is 0 Å². The molecule has 5 heteroatoms. The minimum atomic E-state index is 0.169. The highest BCUT2D eigenvalue weighted by Crippen LogP contribution is 2.24. The lowest BCUT2D eigenvalue weighted by molar-refractivity contribution is 0.873. The van der Waals surface area contributed by atoms with Gasteiger partial charge in [0.15, 0.2) is 0 Å². The summed E-state index contributed by atoms with van der Waals surface area (Å²) in [7, 11) is 0. The van der Waals surface area contributed by atoms with Gasteiger partial charge in [-0.1, -0.05) is 42.5 Å². The Morgan fingerprint density at radius 2 is 1.70 bits per heavy atom. The first-order valence-electron chi connectivity index (χ1n) is 7.38. The molecule has 0 radical (unpaired) electrons. The Labute approximate surface area is 144 Å². The molecule has 2 aromatic carbocycles. The van der Waals surface area contributed by atoms with Crippen LogP contribution < -0.4 is 10.6 Å². The molecule has 2 N–H and O–H groups in total. The predicted octanol–water partition coefficient (Wildman–Crippen LogP) is 5.16. The second-order valence-electron chi connectivity index (χ2n) is 5.15. The van der Waals surface area contributed by atoms with Crippen LogP contribution in [-0.2, 0) is 0 Å². The molecule has 1 heterocycles. The minimum Gasteiger partial charge on any atom is -0.363 e. The fourth-order valence-corrected chi connectivity index (χ4v) is 2.61. The van der Waals surface area contributed by atoms with Crippen LogP contribution in [0, 0.1) is 0 Å². The Bertz CT molecular complexity index is 777. The standard InChI is InChI=1S/C18H17BrN4/c1-13(14-7-3-2-4-8-14)21-17-11-12-20-18(23-17)22-16-10-6-5-9-15(16)19/h2-13H,1H3,(H2,20,21,22,23). The van der Waals surface area contributed by atoms with E-state index in [0.29, 0.717) is 5.95 Å². The zero-order valence-electron chi connectivity index (χ0n) is 12.7. The van der Waals surface area contributed by atoms with E-state index in [2.05, 4.69) is 55.6 Å². The van der Waals surface area contributed by atoms with E-state index in [4.69, 9.17) is 0 Å². The Balaban J connectivity index is 1.74. The van der Waals surface area contributed by atoms with Crippen molar-refractivity contribution in [1.82, 2.24) is 9.97 Å². The zero-order valence-corrected chi connectivity index (χ0v) is 14.3. The Kier molecular flexibility index (Phi) is 4.88. The molecule has 0 fully saturated rings. The van der Waals surface area contributed by atoms with E-state index in [1.165, 1.54) is 5.56 Å². The number of hydrogen-bond donors (Lipinski definition) is 2. The van der Waals surface area contributed by atoms with Crippen LogP contribution in [0.25, 0.3) is 0 Å². The monoisotopic (exact) mass is 368 g/mol. The van der Waals surface area contributed by atoms with Gasteiger partial charge in [0.1, 0.15) is 5.82 Å². The maximum absolute atomic E-state index is 4.52. The molecule has 0 saturated carbocycles. The number of hydrogen-bond acceptors (Lipinski definition) is 4. The number of aromatic nitrogens is 2. The first-order chi connectivity index (χ1) is 11.2. The van der Waals surface area contributed by atoms with Crippen LogP contribution in [0.3, 0.4) is 0 Å². The van der Waals surface area contributed by atoms with Crippen LogP contribution in [0.15, 0.2) is 71.3 Å². The molecule has 0 aliphatic carbocycles. The molecule has 116 valence electrons. The summed E-state index contributed by atoms with van der Waals surface area (Å²) in [5, 5.41) is 6.61. The molecule has 0 aliphatic rings. The van der Waals surface area contributed by atoms with E-state index < -0.39 is 0 Å². The molecule has 0 amide bonds. The third-order valence-electron chi connectivity index (χ3n) is 3.44. The lowest BCUT2D eigenvalue weighted by Gasteiger charge is -2.15. The number of anilines is 3. The lowest BCUT2D eigenvalue weighted by Crippen LogP contribution is -2.09. The summed E-state index contributed by atoms with van der Waals surface area (Å²) in [5.41, 5.74) is 2.15. The average Bonchev–Trinajstić information content (AvgIpc) is 2.58. The topological polar surface area (TPSA) is 49.8 Å². The summed E-state index contributed by atoms with van der Waals surface area (Å²) in [5.74, 6) is 1.34. The van der Waals surface area contributed by atoms with Crippen molar-refractivity contribution in [3.63, 3.8) is 0 Å². The highest BCUT2D eigenvalue weighted by Gasteiger charge is 2.07. The maximum Gasteiger partial charge on any atom is 0.229 e. The number of halogens is 1. The molecule has 4 nitrogen and oxygen atoms in total. The molecule has 1 aromatic heterocycles. The average molecular weight is 369 g/mol. The summed E-state index contributed by atoms with van der Waals surface area (Å²) < 4.78 is 0.972. The fraction of sp³-hybridized carbons (Fsp3) is 0.111. The van der Waals surface area contributed by atoms with Gasteiger partial charge in [0.2, 0.25) is 5.95 Å². The molecular formula is C18H17BrN4. The number of rotatable bonds is 5. The first kappa shape index (κ1) is 15.5. The van der Waals surface area contributed by atoms with Crippen molar-refractivity contribution in [3.8, 4) is 0 Å². The van der Waals surface area contributed by atoms with Gasteiger partial charge in [-0.25, -0.2) is 4.98 Å². The van der Waals surface area contributed by atoms with Crippen molar-refractivity contribution in [3.05, 3.63) is 76.9 Å². The van der Waals surface area contributed by atoms with Gasteiger partial charge in [0.25, 0.3) is 0 Å². The lowest BCUT2D eigenvalue weighted by atomic mass is 10.1. The molecule has 23 heavy (non-hydrogen) atoms. The molecule has 0 saturated heterocycles. The van der Waals surface area contributed by atoms with Gasteiger partial charge in [-0.15, -0.1) is 0 Å². The van der Waals surface area contributed by atoms with Gasteiger partial charge in [0.05, 0.1) is 5.69 Å². The SMILES string of the molecule is CC(Nc1ccnc(Nc2ccccc2Br)n1)c1ccccc1. The molecule has 3 rings (SSSR count). The predicted molar refractivity (Wildman–Crippen MR) is 97.9 cm³/mol. The second-order valence-corrected chi connectivity index (χ2v) is 6.00. The van der Waals surface area contributed by atoms with Crippen molar-refractivity contribution in [2.24, 2.45) is 0 Å². The second kappa shape index (κ2) is 7.24. The van der Waals surface area contributed by atoms with Crippen molar-refractivity contribution in [2.75, 3.05) is 10.6 Å². The molecule has 0 bridgehead atoms. The summed E-state index contributed by atoms with van der Waals surface area (Å²) in [4.78, 5) is 8.79. The number of para-hydroxylation sites is 1. The summed E-state index contributed by atoms with van der Waals surface area (Å²) in [6, 6.07) is 20.2. The summed E-state index contributed by atoms with van der Waals surface area (Å²) >= 11 is 3.51. The molecular weight excluding hydrogens is 352 g/mol. The number of nitrogens with zero attached hydrogens (tertiary/aromatic N) is 2. The Hall–Kier alpha value is -2.40. The van der Waals surface area contributed by atoms with Gasteiger partial charge >= 0.3 is 0 Å². The van der Waals surface area contributed by atoms with Crippen LogP contribution in [0.5, 0.6) is 0 Å². The molecule has 0 spiro atoms. The van der Waals surface area contributed by atoms with Gasteiger partial charge in [-0.2, -0.15) is 4.98 Å². The largest absolute Gasteiger partial charge is 0.363 e. The molecule has 0 aliphatic heterocycles. The third kappa shape index (κ3) is 4.07. The highest BCUT2D eigenvalue weighted by atomic mass is 79.9. The third-order valence-corrected chi connectivity index (χ3v) is 4.13. The van der Waals surface area contributed by atoms with E-state index in [1.54, 1.807) is 6.20 Å².